The van der Waals surface area contributed by atoms with Crippen LogP contribution in [0.5, 0.6) is 11.5 Å². The number of carbonyl (C=O) groups excluding carboxylic acids is 1. The fourth-order valence-corrected chi connectivity index (χ4v) is 1.41. The summed E-state index contributed by atoms with van der Waals surface area (Å²) in [7, 11) is 1.55. The summed E-state index contributed by atoms with van der Waals surface area (Å²) >= 11 is 0. The molecular weight excluding hydrogens is 234 g/mol. The Labute approximate surface area is 107 Å². The number of nitrogens with two attached hydrogens (primary N) is 1. The average molecular weight is 253 g/mol. The normalized spacial score (nSPS) is 13.8. The van der Waals surface area contributed by atoms with Crippen LogP contribution in [0, 0.1) is 5.92 Å². The van der Waals surface area contributed by atoms with Gasteiger partial charge in [0.1, 0.15) is 11.5 Å². The van der Waals surface area contributed by atoms with E-state index < -0.39 is 17.9 Å². The maximum atomic E-state index is 10.9. The Balaban J connectivity index is 2.87. The Bertz CT molecular complexity index is 417. The standard InChI is InChI=1S/C13H19NO4/c1-8(13(14)16)7-18-12-6-10(17-3)4-5-11(12)9(2)15/h4-6,8-9,15H,7H2,1-3H3,(H2,14,16). The van der Waals surface area contributed by atoms with Crippen LogP contribution in [-0.4, -0.2) is 24.7 Å². The Morgan fingerprint density at radius 2 is 2.11 bits per heavy atom. The fourth-order valence-electron chi connectivity index (χ4n) is 1.41. The number of hydrogen-bond donors (Lipinski definition) is 2. The van der Waals surface area contributed by atoms with Gasteiger partial charge in [-0.05, 0) is 19.1 Å². The summed E-state index contributed by atoms with van der Waals surface area (Å²) in [6.07, 6.45) is -0.658. The van der Waals surface area contributed by atoms with Crippen molar-refractivity contribution in [1.29, 1.82) is 0 Å². The first-order valence-corrected chi connectivity index (χ1v) is 5.73. The number of aliphatic hydroxyl groups excluding tert-OH is 1. The van der Waals surface area contributed by atoms with E-state index in [1.54, 1.807) is 39.2 Å². The van der Waals surface area contributed by atoms with Gasteiger partial charge in [0.25, 0.3) is 0 Å². The van der Waals surface area contributed by atoms with Gasteiger partial charge in [-0.2, -0.15) is 0 Å². The molecule has 1 aromatic carbocycles. The Morgan fingerprint density at radius 3 is 2.61 bits per heavy atom. The van der Waals surface area contributed by atoms with E-state index in [-0.39, 0.29) is 6.61 Å². The molecule has 0 fully saturated rings. The van der Waals surface area contributed by atoms with E-state index in [9.17, 15) is 9.90 Å². The third kappa shape index (κ3) is 3.63. The van der Waals surface area contributed by atoms with E-state index in [1.165, 1.54) is 0 Å². The molecule has 0 bridgehead atoms. The lowest BCUT2D eigenvalue weighted by atomic mass is 10.1. The Kier molecular flexibility index (Phi) is 4.97. The molecule has 5 nitrogen and oxygen atoms in total. The maximum absolute atomic E-state index is 10.9. The highest BCUT2D eigenvalue weighted by atomic mass is 16.5. The highest BCUT2D eigenvalue weighted by molar-refractivity contribution is 5.76. The van der Waals surface area contributed by atoms with E-state index in [2.05, 4.69) is 0 Å². The number of hydrogen-bond acceptors (Lipinski definition) is 4. The van der Waals surface area contributed by atoms with Crippen molar-refractivity contribution in [3.8, 4) is 11.5 Å². The van der Waals surface area contributed by atoms with Crippen LogP contribution in [0.25, 0.3) is 0 Å². The molecule has 2 unspecified atom stereocenters. The van der Waals surface area contributed by atoms with Crippen molar-refractivity contribution in [2.75, 3.05) is 13.7 Å². The number of benzene rings is 1. The monoisotopic (exact) mass is 253 g/mol. The molecule has 1 rings (SSSR count). The molecule has 0 aliphatic heterocycles. The number of ether oxygens (including phenoxy) is 2. The van der Waals surface area contributed by atoms with Gasteiger partial charge in [0.2, 0.25) is 5.91 Å². The second-order valence-electron chi connectivity index (χ2n) is 4.19. The molecule has 0 aliphatic carbocycles. The zero-order chi connectivity index (χ0) is 13.7. The number of amides is 1. The largest absolute Gasteiger partial charge is 0.497 e. The minimum atomic E-state index is -0.658. The summed E-state index contributed by atoms with van der Waals surface area (Å²) in [5.74, 6) is 0.313. The first-order chi connectivity index (χ1) is 8.45. The van der Waals surface area contributed by atoms with Crippen molar-refractivity contribution in [1.82, 2.24) is 0 Å². The molecule has 0 radical (unpaired) electrons. The molecular formula is C13H19NO4. The van der Waals surface area contributed by atoms with Crippen LogP contribution in [-0.2, 0) is 4.79 Å². The zero-order valence-corrected chi connectivity index (χ0v) is 10.8. The number of carbonyl (C=O) groups is 1. The predicted molar refractivity (Wildman–Crippen MR) is 67.5 cm³/mol. The molecule has 100 valence electrons. The second kappa shape index (κ2) is 6.26. The third-order valence-electron chi connectivity index (χ3n) is 2.65. The van der Waals surface area contributed by atoms with Crippen LogP contribution in [0.15, 0.2) is 18.2 Å². The van der Waals surface area contributed by atoms with E-state index in [0.29, 0.717) is 17.1 Å². The summed E-state index contributed by atoms with van der Waals surface area (Å²) in [4.78, 5) is 10.9. The van der Waals surface area contributed by atoms with Crippen LogP contribution in [0.2, 0.25) is 0 Å². The lowest BCUT2D eigenvalue weighted by Gasteiger charge is -2.16. The molecule has 0 spiro atoms. The molecule has 0 aromatic heterocycles. The molecule has 3 N–H and O–H groups in total. The summed E-state index contributed by atoms with van der Waals surface area (Å²) in [5.41, 5.74) is 5.81. The number of methoxy groups -OCH3 is 1. The molecule has 0 aliphatic rings. The van der Waals surface area contributed by atoms with Gasteiger partial charge < -0.3 is 20.3 Å². The van der Waals surface area contributed by atoms with Gasteiger partial charge in [-0.3, -0.25) is 4.79 Å². The molecule has 0 heterocycles. The first-order valence-electron chi connectivity index (χ1n) is 5.73. The fraction of sp³-hybridized carbons (Fsp3) is 0.462. The molecule has 5 heteroatoms. The Hall–Kier alpha value is -1.75. The van der Waals surface area contributed by atoms with E-state index in [0.717, 1.165) is 0 Å². The van der Waals surface area contributed by atoms with Gasteiger partial charge in [-0.15, -0.1) is 0 Å². The van der Waals surface area contributed by atoms with Crippen LogP contribution >= 0.6 is 0 Å². The lowest BCUT2D eigenvalue weighted by molar-refractivity contribution is -0.122. The van der Waals surface area contributed by atoms with E-state index >= 15 is 0 Å². The predicted octanol–water partition coefficient (Wildman–Crippen LogP) is 1.25. The summed E-state index contributed by atoms with van der Waals surface area (Å²) in [6, 6.07) is 5.15. The second-order valence-corrected chi connectivity index (χ2v) is 4.19. The highest BCUT2D eigenvalue weighted by Crippen LogP contribution is 2.29. The summed E-state index contributed by atoms with van der Waals surface area (Å²) in [5, 5.41) is 9.63. The molecule has 1 aromatic rings. The smallest absolute Gasteiger partial charge is 0.223 e. The minimum Gasteiger partial charge on any atom is -0.497 e. The van der Waals surface area contributed by atoms with Gasteiger partial charge >= 0.3 is 0 Å². The first kappa shape index (κ1) is 14.3. The van der Waals surface area contributed by atoms with Gasteiger partial charge in [0, 0.05) is 11.6 Å². The molecule has 0 saturated carbocycles. The highest BCUT2D eigenvalue weighted by Gasteiger charge is 2.14. The van der Waals surface area contributed by atoms with Crippen molar-refractivity contribution < 1.29 is 19.4 Å². The number of primary amides is 1. The molecule has 2 atom stereocenters. The van der Waals surface area contributed by atoms with Gasteiger partial charge in [-0.25, -0.2) is 0 Å². The van der Waals surface area contributed by atoms with Crippen molar-refractivity contribution >= 4 is 5.91 Å². The van der Waals surface area contributed by atoms with Gasteiger partial charge in [0.05, 0.1) is 25.7 Å². The molecule has 0 saturated heterocycles. The minimum absolute atomic E-state index is 0.169. The van der Waals surface area contributed by atoms with Crippen molar-refractivity contribution in [2.24, 2.45) is 11.7 Å². The van der Waals surface area contributed by atoms with Crippen LogP contribution in [0.3, 0.4) is 0 Å². The van der Waals surface area contributed by atoms with Gasteiger partial charge in [-0.1, -0.05) is 6.92 Å². The lowest BCUT2D eigenvalue weighted by Crippen LogP contribution is -2.26. The Morgan fingerprint density at radius 1 is 1.44 bits per heavy atom. The number of aliphatic hydroxyl groups is 1. The van der Waals surface area contributed by atoms with Crippen molar-refractivity contribution in [3.63, 3.8) is 0 Å². The zero-order valence-electron chi connectivity index (χ0n) is 10.8. The van der Waals surface area contributed by atoms with Crippen molar-refractivity contribution in [2.45, 2.75) is 20.0 Å². The van der Waals surface area contributed by atoms with Crippen LogP contribution in [0.1, 0.15) is 25.5 Å². The average Bonchev–Trinajstić information content (AvgIpc) is 2.34. The molecule has 1 amide bonds. The van der Waals surface area contributed by atoms with Crippen molar-refractivity contribution in [3.05, 3.63) is 23.8 Å². The topological polar surface area (TPSA) is 81.8 Å². The number of rotatable bonds is 6. The summed E-state index contributed by atoms with van der Waals surface area (Å²) < 4.78 is 10.6. The van der Waals surface area contributed by atoms with Gasteiger partial charge in [0.15, 0.2) is 0 Å². The van der Waals surface area contributed by atoms with Crippen LogP contribution in [0.4, 0.5) is 0 Å². The van der Waals surface area contributed by atoms with E-state index in [4.69, 9.17) is 15.2 Å². The molecule has 18 heavy (non-hydrogen) atoms. The summed E-state index contributed by atoms with van der Waals surface area (Å²) in [6.45, 7) is 3.50. The van der Waals surface area contributed by atoms with Crippen LogP contribution < -0.4 is 15.2 Å². The quantitative estimate of drug-likeness (QED) is 0.799. The SMILES string of the molecule is COc1ccc(C(C)O)c(OCC(C)C(N)=O)c1. The maximum Gasteiger partial charge on any atom is 0.223 e. The van der Waals surface area contributed by atoms with E-state index in [1.807, 2.05) is 0 Å². The third-order valence-corrected chi connectivity index (χ3v) is 2.65.